The number of hydrogen-bond acceptors (Lipinski definition) is 4. The van der Waals surface area contributed by atoms with Crippen molar-refractivity contribution in [2.45, 2.75) is 19.4 Å². The molecule has 3 rings (SSSR count). The second-order valence-electron chi connectivity index (χ2n) is 5.49. The minimum Gasteiger partial charge on any atom is -0.494 e. The number of thiophene rings is 1. The third-order valence-corrected chi connectivity index (χ3v) is 4.66. The summed E-state index contributed by atoms with van der Waals surface area (Å²) in [4.78, 5) is 18.1. The topological polar surface area (TPSA) is 51.2 Å². The Morgan fingerprint density at radius 3 is 3.04 bits per heavy atom. The molecule has 2 aromatic heterocycles. The summed E-state index contributed by atoms with van der Waals surface area (Å²) in [6.07, 6.45) is 8.49. The van der Waals surface area contributed by atoms with Crippen molar-refractivity contribution in [2.24, 2.45) is 0 Å². The van der Waals surface area contributed by atoms with E-state index in [9.17, 15) is 4.79 Å². The fourth-order valence-corrected chi connectivity index (χ4v) is 3.28. The predicted molar refractivity (Wildman–Crippen MR) is 101 cm³/mol. The Hall–Kier alpha value is -2.84. The Kier molecular flexibility index (Phi) is 5.65. The number of benzene rings is 1. The van der Waals surface area contributed by atoms with Crippen LogP contribution < -0.4 is 10.1 Å². The molecule has 1 aromatic carbocycles. The zero-order valence-electron chi connectivity index (χ0n) is 13.7. The number of aromatic nitrogens is 1. The van der Waals surface area contributed by atoms with Gasteiger partial charge in [-0.15, -0.1) is 23.7 Å². The molecule has 5 heteroatoms. The molecule has 0 aliphatic heterocycles. The number of hydrogen-bond donors (Lipinski definition) is 1. The Balaban J connectivity index is 1.57. The first-order valence-electron chi connectivity index (χ1n) is 8.04. The van der Waals surface area contributed by atoms with Crippen molar-refractivity contribution >= 4 is 27.5 Å². The van der Waals surface area contributed by atoms with Crippen LogP contribution in [-0.2, 0) is 6.54 Å². The van der Waals surface area contributed by atoms with Crippen LogP contribution in [0, 0.1) is 12.3 Å². The van der Waals surface area contributed by atoms with Gasteiger partial charge in [0, 0.05) is 24.5 Å². The van der Waals surface area contributed by atoms with Crippen LogP contribution >= 0.6 is 11.3 Å². The number of unbranched alkanes of at least 4 members (excludes halogenated alkanes) is 1. The summed E-state index contributed by atoms with van der Waals surface area (Å²) in [5.41, 5.74) is 0.988. The van der Waals surface area contributed by atoms with Crippen molar-refractivity contribution in [2.75, 3.05) is 6.61 Å². The number of rotatable bonds is 7. The van der Waals surface area contributed by atoms with E-state index in [2.05, 4.69) is 16.2 Å². The number of carbonyl (C=O) groups is 1. The highest BCUT2D eigenvalue weighted by molar-refractivity contribution is 7.20. The second kappa shape index (κ2) is 8.32. The van der Waals surface area contributed by atoms with E-state index in [-0.39, 0.29) is 5.91 Å². The lowest BCUT2D eigenvalue weighted by Crippen LogP contribution is -2.21. The first-order chi connectivity index (χ1) is 12.3. The van der Waals surface area contributed by atoms with Gasteiger partial charge in [-0.3, -0.25) is 4.79 Å². The number of terminal acetylenes is 1. The molecule has 4 nitrogen and oxygen atoms in total. The van der Waals surface area contributed by atoms with Crippen LogP contribution in [0.4, 0.5) is 0 Å². The molecule has 1 amide bonds. The Bertz CT molecular complexity index is 878. The summed E-state index contributed by atoms with van der Waals surface area (Å²) >= 11 is 1.40. The predicted octanol–water partition coefficient (Wildman–Crippen LogP) is 4.02. The summed E-state index contributed by atoms with van der Waals surface area (Å²) in [7, 11) is 0. The first kappa shape index (κ1) is 17.0. The summed E-state index contributed by atoms with van der Waals surface area (Å²) < 4.78 is 5.67. The smallest absolute Gasteiger partial charge is 0.261 e. The number of amides is 1. The molecule has 0 atom stereocenters. The van der Waals surface area contributed by atoms with Gasteiger partial charge in [0.15, 0.2) is 0 Å². The Labute approximate surface area is 150 Å². The van der Waals surface area contributed by atoms with Gasteiger partial charge in [-0.05, 0) is 36.2 Å². The van der Waals surface area contributed by atoms with Gasteiger partial charge >= 0.3 is 0 Å². The fourth-order valence-electron chi connectivity index (χ4n) is 2.36. The molecular weight excluding hydrogens is 332 g/mol. The maximum absolute atomic E-state index is 12.3. The van der Waals surface area contributed by atoms with Crippen LogP contribution in [0.5, 0.6) is 5.75 Å². The van der Waals surface area contributed by atoms with Crippen LogP contribution in [0.2, 0.25) is 0 Å². The van der Waals surface area contributed by atoms with Gasteiger partial charge in [0.2, 0.25) is 0 Å². The fraction of sp³-hybridized carbons (Fsp3) is 0.200. The van der Waals surface area contributed by atoms with Gasteiger partial charge in [0.1, 0.15) is 10.6 Å². The molecule has 0 radical (unpaired) electrons. The summed E-state index contributed by atoms with van der Waals surface area (Å²) in [5.74, 6) is 3.29. The maximum Gasteiger partial charge on any atom is 0.261 e. The van der Waals surface area contributed by atoms with Crippen molar-refractivity contribution in [1.29, 1.82) is 0 Å². The molecule has 0 saturated heterocycles. The minimum atomic E-state index is -0.0941. The van der Waals surface area contributed by atoms with Crippen molar-refractivity contribution in [3.05, 3.63) is 59.1 Å². The lowest BCUT2D eigenvalue weighted by Gasteiger charge is -2.08. The van der Waals surface area contributed by atoms with E-state index in [1.165, 1.54) is 11.3 Å². The second-order valence-corrected chi connectivity index (χ2v) is 6.53. The summed E-state index contributed by atoms with van der Waals surface area (Å²) in [6, 6.07) is 13.4. The van der Waals surface area contributed by atoms with E-state index in [1.807, 2.05) is 42.5 Å². The third kappa shape index (κ3) is 4.59. The number of fused-ring (bicyclic) bond motifs is 1. The Morgan fingerprint density at radius 2 is 2.20 bits per heavy atom. The monoisotopic (exact) mass is 350 g/mol. The molecule has 0 unspecified atom stereocenters. The molecule has 25 heavy (non-hydrogen) atoms. The molecule has 126 valence electrons. The Morgan fingerprint density at radius 1 is 1.28 bits per heavy atom. The first-order valence-corrected chi connectivity index (χ1v) is 8.86. The average molecular weight is 350 g/mol. The number of carbonyl (C=O) groups excluding carboxylic acids is 1. The lowest BCUT2D eigenvalue weighted by molar-refractivity contribution is 0.0955. The number of pyridine rings is 1. The van der Waals surface area contributed by atoms with Gasteiger partial charge in [-0.1, -0.05) is 18.2 Å². The zero-order chi connectivity index (χ0) is 17.5. The molecule has 0 spiro atoms. The standard InChI is InChI=1S/C20H18N2O2S/c1-2-3-4-11-24-17-9-5-7-15(12-17)14-22-19(23)18-13-16-8-6-10-21-20(16)25-18/h1,5-10,12-13H,3-4,11,14H2,(H,22,23). The van der Waals surface area contributed by atoms with Gasteiger partial charge in [0.25, 0.3) is 5.91 Å². The zero-order valence-corrected chi connectivity index (χ0v) is 14.5. The molecule has 0 saturated carbocycles. The van der Waals surface area contributed by atoms with Crippen molar-refractivity contribution in [3.8, 4) is 18.1 Å². The number of nitrogens with zero attached hydrogens (tertiary/aromatic N) is 1. The highest BCUT2D eigenvalue weighted by atomic mass is 32.1. The van der Waals surface area contributed by atoms with E-state index in [0.29, 0.717) is 24.4 Å². The third-order valence-electron chi connectivity index (χ3n) is 3.60. The molecular formula is C20H18N2O2S. The largest absolute Gasteiger partial charge is 0.494 e. The van der Waals surface area contributed by atoms with E-state index in [0.717, 1.165) is 28.0 Å². The molecule has 0 bridgehead atoms. The summed E-state index contributed by atoms with van der Waals surface area (Å²) in [6.45, 7) is 1.04. The maximum atomic E-state index is 12.3. The van der Waals surface area contributed by atoms with Crippen LogP contribution in [0.25, 0.3) is 10.2 Å². The van der Waals surface area contributed by atoms with Crippen LogP contribution in [0.15, 0.2) is 48.7 Å². The average Bonchev–Trinajstić information content (AvgIpc) is 3.08. The highest BCUT2D eigenvalue weighted by Gasteiger charge is 2.10. The number of ether oxygens (including phenoxy) is 1. The quantitative estimate of drug-likeness (QED) is 0.517. The van der Waals surface area contributed by atoms with E-state index >= 15 is 0 Å². The number of nitrogens with one attached hydrogen (secondary N) is 1. The van der Waals surface area contributed by atoms with Crippen LogP contribution in [0.3, 0.4) is 0 Å². The molecule has 2 heterocycles. The van der Waals surface area contributed by atoms with Gasteiger partial charge < -0.3 is 10.1 Å². The van der Waals surface area contributed by atoms with Gasteiger partial charge in [-0.2, -0.15) is 0 Å². The summed E-state index contributed by atoms with van der Waals surface area (Å²) in [5, 5.41) is 3.93. The molecule has 0 aliphatic rings. The highest BCUT2D eigenvalue weighted by Crippen LogP contribution is 2.23. The molecule has 1 N–H and O–H groups in total. The molecule has 0 fully saturated rings. The van der Waals surface area contributed by atoms with Crippen LogP contribution in [0.1, 0.15) is 28.1 Å². The lowest BCUT2D eigenvalue weighted by atomic mass is 10.2. The van der Waals surface area contributed by atoms with E-state index in [4.69, 9.17) is 11.2 Å². The van der Waals surface area contributed by atoms with Gasteiger partial charge in [0.05, 0.1) is 11.5 Å². The minimum absolute atomic E-state index is 0.0941. The molecule has 0 aliphatic carbocycles. The van der Waals surface area contributed by atoms with Crippen LogP contribution in [-0.4, -0.2) is 17.5 Å². The van der Waals surface area contributed by atoms with Crippen molar-refractivity contribution in [1.82, 2.24) is 10.3 Å². The van der Waals surface area contributed by atoms with Crippen molar-refractivity contribution in [3.63, 3.8) is 0 Å². The van der Waals surface area contributed by atoms with Crippen molar-refractivity contribution < 1.29 is 9.53 Å². The van der Waals surface area contributed by atoms with Gasteiger partial charge in [-0.25, -0.2) is 4.98 Å². The normalized spacial score (nSPS) is 10.4. The SMILES string of the molecule is C#CCCCOc1cccc(CNC(=O)c2cc3cccnc3s2)c1. The van der Waals surface area contributed by atoms with E-state index in [1.54, 1.807) is 6.20 Å². The molecule has 3 aromatic rings. The van der Waals surface area contributed by atoms with E-state index < -0.39 is 0 Å².